The number of ether oxygens (including phenoxy) is 2. The van der Waals surface area contributed by atoms with Crippen LogP contribution in [0.4, 0.5) is 8.78 Å². The summed E-state index contributed by atoms with van der Waals surface area (Å²) < 4.78 is 93.9. The molecule has 53 heavy (non-hydrogen) atoms. The number of hydrogen-bond acceptors (Lipinski definition) is 10. The Bertz CT molecular complexity index is 1130. The van der Waals surface area contributed by atoms with Crippen LogP contribution in [0.5, 0.6) is 0 Å². The quantitative estimate of drug-likeness (QED) is 0.123. The van der Waals surface area contributed by atoms with Gasteiger partial charge in [-0.2, -0.15) is 10.5 Å². The fourth-order valence-corrected chi connectivity index (χ4v) is 11.2. The van der Waals surface area contributed by atoms with Crippen molar-refractivity contribution in [2.24, 2.45) is 11.8 Å². The van der Waals surface area contributed by atoms with Crippen molar-refractivity contribution in [1.29, 1.82) is 13.4 Å². The maximum atomic E-state index is 14.7. The smallest absolute Gasteiger partial charge is 0.218 e. The summed E-state index contributed by atoms with van der Waals surface area (Å²) in [4.78, 5) is 0. The van der Waals surface area contributed by atoms with E-state index in [-0.39, 0.29) is 69.4 Å². The van der Waals surface area contributed by atoms with Gasteiger partial charge in [0, 0.05) is 72.2 Å². The molecule has 0 aliphatic carbocycles. The molecule has 0 bridgehead atoms. The fourth-order valence-electron chi connectivity index (χ4n) is 6.10. The van der Waals surface area contributed by atoms with Crippen molar-refractivity contribution in [2.45, 2.75) is 170 Å². The predicted octanol–water partition coefficient (Wildman–Crippen LogP) is 7.70. The zero-order valence-electron chi connectivity index (χ0n) is 39.2. The first kappa shape index (κ1) is 48.3. The zero-order valence-corrected chi connectivity index (χ0v) is 37.0. The van der Waals surface area contributed by atoms with Crippen LogP contribution in [0.3, 0.4) is 0 Å². The lowest BCUT2D eigenvalue weighted by molar-refractivity contribution is -0.171. The van der Waals surface area contributed by atoms with Gasteiger partial charge in [0.15, 0.2) is 8.38 Å². The molecule has 2 fully saturated rings. The summed E-state index contributed by atoms with van der Waals surface area (Å²) in [6, 6.07) is 4.91. The van der Waals surface area contributed by atoms with Crippen LogP contribution in [0.15, 0.2) is 0 Å². The van der Waals surface area contributed by atoms with Crippen molar-refractivity contribution < 1.29 is 49.9 Å². The van der Waals surface area contributed by atoms with Gasteiger partial charge in [0.1, 0.15) is 23.5 Å². The Morgan fingerprint density at radius 2 is 1.30 bits per heavy atom. The number of halogens is 2. The molecule has 0 saturated carbocycles. The summed E-state index contributed by atoms with van der Waals surface area (Å²) in [5.74, 6) is -0.599. The molecule has 2 saturated heterocycles. The number of aliphatic hydroxyl groups is 3. The summed E-state index contributed by atoms with van der Waals surface area (Å²) in [5, 5.41) is 33.8. The highest BCUT2D eigenvalue weighted by molar-refractivity contribution is 7.59. The van der Waals surface area contributed by atoms with Crippen LogP contribution in [0.2, 0.25) is 0 Å². The van der Waals surface area contributed by atoms with Crippen molar-refractivity contribution in [1.82, 2.24) is 9.34 Å². The molecule has 3 unspecified atom stereocenters. The Morgan fingerprint density at radius 1 is 0.906 bits per heavy atom. The van der Waals surface area contributed by atoms with Gasteiger partial charge < -0.3 is 33.8 Å². The molecule has 16 heteroatoms. The maximum absolute atomic E-state index is 14.7. The summed E-state index contributed by atoms with van der Waals surface area (Å²) in [6.45, 7) is 25.4. The van der Waals surface area contributed by atoms with Gasteiger partial charge in [0.05, 0.1) is 50.6 Å². The van der Waals surface area contributed by atoms with E-state index in [9.17, 15) is 18.5 Å². The van der Waals surface area contributed by atoms with Gasteiger partial charge in [-0.15, -0.1) is 0 Å². The van der Waals surface area contributed by atoms with Crippen LogP contribution < -0.4 is 0 Å². The van der Waals surface area contributed by atoms with E-state index in [0.29, 0.717) is 19.2 Å². The third kappa shape index (κ3) is 17.9. The van der Waals surface area contributed by atoms with Gasteiger partial charge in [-0.1, -0.05) is 13.8 Å². The minimum Gasteiger partial charge on any atom is -0.400 e. The van der Waals surface area contributed by atoms with Crippen molar-refractivity contribution in [3.8, 4) is 12.1 Å². The minimum absolute atomic E-state index is 0.0434. The van der Waals surface area contributed by atoms with Crippen LogP contribution in [-0.2, 0) is 23.1 Å². The second-order valence-electron chi connectivity index (χ2n) is 14.4. The zero-order chi connectivity index (χ0) is 45.3. The van der Waals surface area contributed by atoms with Crippen LogP contribution in [-0.4, -0.2) is 134 Å². The molecule has 0 amide bonds. The van der Waals surface area contributed by atoms with Crippen LogP contribution in [0.25, 0.3) is 0 Å². The van der Waals surface area contributed by atoms with Gasteiger partial charge in [-0.3, -0.25) is 4.57 Å². The topological polar surface area (TPSA) is 169 Å². The highest BCUT2D eigenvalue weighted by atomic mass is 31.2. The lowest BCUT2D eigenvalue weighted by Gasteiger charge is -2.46. The molecule has 316 valence electrons. The van der Waals surface area contributed by atoms with Crippen molar-refractivity contribution in [3.05, 3.63) is 0 Å². The lowest BCUT2D eigenvalue weighted by Crippen LogP contribution is -2.54. The van der Waals surface area contributed by atoms with Gasteiger partial charge in [-0.25, -0.2) is 18.1 Å². The Hall–Kier alpha value is -0.860. The normalized spacial score (nSPS) is 30.1. The Labute approximate surface area is 328 Å². The van der Waals surface area contributed by atoms with Gasteiger partial charge in [0.25, 0.3) is 0 Å². The number of aliphatic hydroxyl groups excluding tert-OH is 3. The Kier molecular flexibility index (Phi) is 25.2. The minimum atomic E-state index is -2.74. The lowest BCUT2D eigenvalue weighted by atomic mass is 9.83. The first-order valence-corrected chi connectivity index (χ1v) is 21.6. The predicted molar refractivity (Wildman–Crippen MR) is 211 cm³/mol. The average Bonchev–Trinajstić information content (AvgIpc) is 3.10. The molecule has 2 rings (SSSR count). The summed E-state index contributed by atoms with van der Waals surface area (Å²) in [5.41, 5.74) is -3.16. The first-order valence-electron chi connectivity index (χ1n) is 20.4. The number of nitrogens with zero attached hydrogens (tertiary/aromatic N) is 4. The van der Waals surface area contributed by atoms with Crippen LogP contribution in [0, 0.1) is 34.5 Å². The largest absolute Gasteiger partial charge is 0.400 e. The molecule has 0 aromatic carbocycles. The van der Waals surface area contributed by atoms with Crippen LogP contribution >= 0.6 is 15.8 Å². The third-order valence-electron chi connectivity index (χ3n) is 8.97. The molecule has 2 aliphatic rings. The molecular weight excluding hydrogens is 728 g/mol. The van der Waals surface area contributed by atoms with Crippen molar-refractivity contribution >= 4 is 15.8 Å². The van der Waals surface area contributed by atoms with E-state index in [4.69, 9.17) is 34.6 Å². The van der Waals surface area contributed by atoms with Gasteiger partial charge >= 0.3 is 0 Å². The van der Waals surface area contributed by atoms with E-state index in [1.165, 1.54) is 28.1 Å². The van der Waals surface area contributed by atoms with Crippen molar-refractivity contribution in [2.75, 3.05) is 46.9 Å². The molecule has 9 atom stereocenters. The molecule has 0 aromatic heterocycles. The number of rotatable bonds is 13. The summed E-state index contributed by atoms with van der Waals surface area (Å²) in [6.07, 6.45) is -2.15. The molecule has 2 aliphatic heterocycles. The Morgan fingerprint density at radius 3 is 1.68 bits per heavy atom. The number of hydrogen-bond donors (Lipinski definition) is 3. The molecular formula is C37H76F2N4O8P2. The van der Waals surface area contributed by atoms with E-state index in [0.717, 1.165) is 0 Å². The molecule has 3 N–H and O–H groups in total. The SMILES string of the molecule is CC(C)N(C(C)C)P(=O)(CCC#N)N(C(C)C)C(C)C.[2H]C[C@H]1OC[C@@H](C)[C@](C)(F)C1O.[2H]C[C@H]1OC[C@@H](C)[C@](C)(F)C1OP(C)OCCC#N.[3H]OC.[3H]OC. The highest BCUT2D eigenvalue weighted by Crippen LogP contribution is 2.58. The highest BCUT2D eigenvalue weighted by Gasteiger charge is 2.49. The summed E-state index contributed by atoms with van der Waals surface area (Å²) >= 11 is 0. The molecule has 0 aromatic rings. The first-order chi connectivity index (χ1) is 26.3. The van der Waals surface area contributed by atoms with E-state index < -0.39 is 51.6 Å². The van der Waals surface area contributed by atoms with Crippen molar-refractivity contribution in [3.63, 3.8) is 0 Å². The maximum Gasteiger partial charge on any atom is 0.218 e. The van der Waals surface area contributed by atoms with Gasteiger partial charge in [0.2, 0.25) is 10.3 Å². The van der Waals surface area contributed by atoms with E-state index in [1.54, 1.807) is 20.5 Å². The fraction of sp³-hybridized carbons (Fsp3) is 0.946. The molecule has 12 nitrogen and oxygen atoms in total. The van der Waals surface area contributed by atoms with E-state index in [2.05, 4.69) is 81.0 Å². The standard InChI is InChI=1S/C15H32N3OP.C12H21FNO3P.C8H15FO2.2CH4O/c1-12(2)17(13(3)4)20(19,11-9-10-16)18(14(5)6)15(7)8;1-9-8-15-10(2)11(12(9,3)13)17-18(4)16-7-5-6-14;1-5-4-11-6(2)7(10)8(5,3)9;2*1-2/h12-15H,9,11H2,1-8H3;9-11H,5,7-8H2,1-4H3;5-7,10H,4H2,1-3H3;2*2H,1H3/t;9-,10-,11?,12+,18?;5-,6-,7?,8+;;/m.11../s1/i;2*2D;2*2T. The van der Waals surface area contributed by atoms with E-state index in [1.807, 2.05) is 6.07 Å². The van der Waals surface area contributed by atoms with E-state index >= 15 is 0 Å². The molecule has 2 heterocycles. The number of nitriles is 2. The molecule has 0 radical (unpaired) electrons. The van der Waals surface area contributed by atoms with Gasteiger partial charge in [-0.05, 0) is 83.0 Å². The summed E-state index contributed by atoms with van der Waals surface area (Å²) in [7, 11) is -1.43. The average molecular weight is 811 g/mol. The monoisotopic (exact) mass is 811 g/mol. The number of alkyl halides is 2. The van der Waals surface area contributed by atoms with Crippen LogP contribution in [0.1, 0.15) is 112 Å². The molecule has 0 spiro atoms. The Balaban J connectivity index is -0.000000731. The third-order valence-corrected chi connectivity index (χ3v) is 14.1. The second kappa shape index (κ2) is 27.7. The second-order valence-corrected chi connectivity index (χ2v) is 18.5.